The highest BCUT2D eigenvalue weighted by atomic mass is 16.2. The molecule has 4 rings (SSSR count). The number of benzene rings is 1. The van der Waals surface area contributed by atoms with Crippen LogP contribution in [0.2, 0.25) is 0 Å². The zero-order valence-electron chi connectivity index (χ0n) is 15.3. The number of carbonyl (C=O) groups is 2. The number of aryl methyl sites for hydroxylation is 2. The molecule has 1 atom stereocenters. The van der Waals surface area contributed by atoms with E-state index in [9.17, 15) is 9.59 Å². The molecule has 0 radical (unpaired) electrons. The minimum atomic E-state index is -0.0990. The molecular weight excluding hydrogens is 338 g/mol. The number of amides is 2. The van der Waals surface area contributed by atoms with Gasteiger partial charge in [-0.15, -0.1) is 0 Å². The molecule has 0 saturated carbocycles. The maximum absolute atomic E-state index is 12.8. The minimum Gasteiger partial charge on any atom is -0.344 e. The Balaban J connectivity index is 1.55. The van der Waals surface area contributed by atoms with Crippen LogP contribution < -0.4 is 10.2 Å². The first-order valence-corrected chi connectivity index (χ1v) is 9.49. The zero-order chi connectivity index (χ0) is 18.8. The Morgan fingerprint density at radius 2 is 2.04 bits per heavy atom. The van der Waals surface area contributed by atoms with Crippen molar-refractivity contribution in [3.63, 3.8) is 0 Å². The number of nitrogens with one attached hydrogen (secondary N) is 1. The van der Waals surface area contributed by atoms with Crippen molar-refractivity contribution < 1.29 is 9.59 Å². The van der Waals surface area contributed by atoms with Gasteiger partial charge in [0.15, 0.2) is 0 Å². The molecule has 1 aromatic heterocycles. The topological polar surface area (TPSA) is 62.3 Å². The van der Waals surface area contributed by atoms with Crippen LogP contribution in [0.25, 0.3) is 0 Å². The normalized spacial score (nSPS) is 18.2. The van der Waals surface area contributed by atoms with Gasteiger partial charge in [-0.25, -0.2) is 0 Å². The summed E-state index contributed by atoms with van der Waals surface area (Å²) in [7, 11) is 0. The first kappa shape index (κ1) is 17.5. The highest BCUT2D eigenvalue weighted by Crippen LogP contribution is 2.30. The van der Waals surface area contributed by atoms with Gasteiger partial charge in [0.1, 0.15) is 0 Å². The number of anilines is 1. The summed E-state index contributed by atoms with van der Waals surface area (Å²) < 4.78 is 0. The van der Waals surface area contributed by atoms with E-state index < -0.39 is 0 Å². The Labute approximate surface area is 159 Å². The first-order valence-electron chi connectivity index (χ1n) is 9.49. The number of hydrogen-bond donors (Lipinski definition) is 1. The number of rotatable bonds is 3. The monoisotopic (exact) mass is 361 g/mol. The van der Waals surface area contributed by atoms with Crippen molar-refractivity contribution in [3.05, 3.63) is 71.6 Å². The fraction of sp³-hybridized carbons (Fsp3) is 0.318. The smallest absolute Gasteiger partial charge is 0.251 e. The van der Waals surface area contributed by atoms with Crippen molar-refractivity contribution in [2.24, 2.45) is 0 Å². The van der Waals surface area contributed by atoms with Crippen molar-refractivity contribution in [2.45, 2.75) is 38.1 Å². The Kier molecular flexibility index (Phi) is 4.75. The summed E-state index contributed by atoms with van der Waals surface area (Å²) >= 11 is 0. The van der Waals surface area contributed by atoms with Crippen molar-refractivity contribution in [1.29, 1.82) is 0 Å². The Hall–Kier alpha value is -2.95. The van der Waals surface area contributed by atoms with Crippen molar-refractivity contribution >= 4 is 17.5 Å². The molecular formula is C22H23N3O2. The number of pyridine rings is 1. The van der Waals surface area contributed by atoms with Gasteiger partial charge < -0.3 is 10.2 Å². The summed E-state index contributed by atoms with van der Waals surface area (Å²) in [6.07, 6.45) is 7.84. The van der Waals surface area contributed by atoms with Crippen molar-refractivity contribution in [1.82, 2.24) is 10.3 Å². The molecule has 138 valence electrons. The molecule has 0 fully saturated rings. The summed E-state index contributed by atoms with van der Waals surface area (Å²) in [5.74, 6) is -0.188. The van der Waals surface area contributed by atoms with Crippen LogP contribution in [0, 0.1) is 0 Å². The summed E-state index contributed by atoms with van der Waals surface area (Å²) in [5.41, 5.74) is 4.75. The van der Waals surface area contributed by atoms with E-state index >= 15 is 0 Å². The van der Waals surface area contributed by atoms with Crippen LogP contribution >= 0.6 is 0 Å². The SMILES string of the molecule is C=CC(=O)N1CCCc2cc(C(=O)N[C@H]3CCCc4cccnc43)ccc21. The standard InChI is InChI=1S/C22H23N3O2/c1-2-20(26)25-13-5-8-16-14-17(10-11-19(16)25)22(27)24-18-9-3-6-15-7-4-12-23-21(15)18/h2,4,7,10-12,14,18H,1,3,5-6,8-9,13H2,(H,24,27)/t18-/m0/s1. The number of fused-ring (bicyclic) bond motifs is 2. The van der Waals surface area contributed by atoms with E-state index in [1.807, 2.05) is 18.2 Å². The third-order valence-corrected chi connectivity index (χ3v) is 5.40. The molecule has 27 heavy (non-hydrogen) atoms. The predicted octanol–water partition coefficient (Wildman–Crippen LogP) is 3.35. The molecule has 0 saturated heterocycles. The molecule has 2 heterocycles. The number of hydrogen-bond acceptors (Lipinski definition) is 3. The van der Waals surface area contributed by atoms with E-state index in [1.54, 1.807) is 17.2 Å². The highest BCUT2D eigenvalue weighted by molar-refractivity contribution is 6.02. The Morgan fingerprint density at radius 1 is 1.19 bits per heavy atom. The molecule has 1 aliphatic heterocycles. The fourth-order valence-corrected chi connectivity index (χ4v) is 4.07. The molecule has 5 nitrogen and oxygen atoms in total. The van der Waals surface area contributed by atoms with E-state index in [4.69, 9.17) is 0 Å². The third-order valence-electron chi connectivity index (χ3n) is 5.40. The van der Waals surface area contributed by atoms with Gasteiger partial charge in [0.05, 0.1) is 11.7 Å². The molecule has 5 heteroatoms. The number of carbonyl (C=O) groups excluding carboxylic acids is 2. The van der Waals surface area contributed by atoms with E-state index in [1.165, 1.54) is 11.6 Å². The maximum Gasteiger partial charge on any atom is 0.251 e. The van der Waals surface area contributed by atoms with Gasteiger partial charge in [0.25, 0.3) is 5.91 Å². The van der Waals surface area contributed by atoms with Gasteiger partial charge in [-0.2, -0.15) is 0 Å². The van der Waals surface area contributed by atoms with Crippen LogP contribution in [-0.2, 0) is 17.6 Å². The molecule has 0 bridgehead atoms. The lowest BCUT2D eigenvalue weighted by atomic mass is 9.91. The maximum atomic E-state index is 12.8. The van der Waals surface area contributed by atoms with Crippen LogP contribution in [0.5, 0.6) is 0 Å². The van der Waals surface area contributed by atoms with E-state index in [0.717, 1.165) is 49.0 Å². The van der Waals surface area contributed by atoms with Gasteiger partial charge in [-0.05, 0) is 73.6 Å². The second kappa shape index (κ2) is 7.35. The third kappa shape index (κ3) is 3.37. The van der Waals surface area contributed by atoms with Gasteiger partial charge >= 0.3 is 0 Å². The van der Waals surface area contributed by atoms with E-state index in [0.29, 0.717) is 12.1 Å². The quantitative estimate of drug-likeness (QED) is 0.853. The van der Waals surface area contributed by atoms with E-state index in [-0.39, 0.29) is 17.9 Å². The summed E-state index contributed by atoms with van der Waals surface area (Å²) in [6, 6.07) is 9.57. The number of nitrogens with zero attached hydrogens (tertiary/aromatic N) is 2. The molecule has 0 unspecified atom stereocenters. The molecule has 2 aromatic rings. The summed E-state index contributed by atoms with van der Waals surface area (Å²) in [6.45, 7) is 4.27. The van der Waals surface area contributed by atoms with Crippen molar-refractivity contribution in [3.8, 4) is 0 Å². The lowest BCUT2D eigenvalue weighted by molar-refractivity contribution is -0.114. The average Bonchev–Trinajstić information content (AvgIpc) is 2.72. The van der Waals surface area contributed by atoms with Gasteiger partial charge in [0.2, 0.25) is 5.91 Å². The molecule has 0 spiro atoms. The van der Waals surface area contributed by atoms with Gasteiger partial charge in [-0.1, -0.05) is 12.6 Å². The predicted molar refractivity (Wildman–Crippen MR) is 105 cm³/mol. The molecule has 1 aliphatic carbocycles. The lowest BCUT2D eigenvalue weighted by Gasteiger charge is -2.29. The molecule has 1 aromatic carbocycles. The second-order valence-electron chi connectivity index (χ2n) is 7.11. The average molecular weight is 361 g/mol. The van der Waals surface area contributed by atoms with Crippen molar-refractivity contribution in [2.75, 3.05) is 11.4 Å². The second-order valence-corrected chi connectivity index (χ2v) is 7.11. The highest BCUT2D eigenvalue weighted by Gasteiger charge is 2.25. The summed E-state index contributed by atoms with van der Waals surface area (Å²) in [5, 5.41) is 3.15. The van der Waals surface area contributed by atoms with Crippen LogP contribution in [-0.4, -0.2) is 23.3 Å². The molecule has 2 aliphatic rings. The van der Waals surface area contributed by atoms with E-state index in [2.05, 4.69) is 22.9 Å². The zero-order valence-corrected chi connectivity index (χ0v) is 15.3. The Morgan fingerprint density at radius 3 is 2.89 bits per heavy atom. The van der Waals surface area contributed by atoms with Gasteiger partial charge in [0, 0.05) is 24.0 Å². The van der Waals surface area contributed by atoms with Crippen LogP contribution in [0.15, 0.2) is 49.2 Å². The largest absolute Gasteiger partial charge is 0.344 e. The van der Waals surface area contributed by atoms with Crippen LogP contribution in [0.1, 0.15) is 52.5 Å². The molecule has 2 amide bonds. The fourth-order valence-electron chi connectivity index (χ4n) is 4.07. The lowest BCUT2D eigenvalue weighted by Crippen LogP contribution is -2.35. The number of aromatic nitrogens is 1. The summed E-state index contributed by atoms with van der Waals surface area (Å²) in [4.78, 5) is 31.1. The van der Waals surface area contributed by atoms with Crippen LogP contribution in [0.4, 0.5) is 5.69 Å². The minimum absolute atomic E-state index is 0.0441. The van der Waals surface area contributed by atoms with Gasteiger partial charge in [-0.3, -0.25) is 14.6 Å². The Bertz CT molecular complexity index is 906. The molecule has 1 N–H and O–H groups in total. The first-order chi connectivity index (χ1) is 13.2. The van der Waals surface area contributed by atoms with Crippen LogP contribution in [0.3, 0.4) is 0 Å².